The van der Waals surface area contributed by atoms with Crippen LogP contribution < -0.4 is 5.32 Å². The third-order valence-corrected chi connectivity index (χ3v) is 9.72. The Balaban J connectivity index is 1.29. The smallest absolute Gasteiger partial charge is 0.257 e. The summed E-state index contributed by atoms with van der Waals surface area (Å²) in [7, 11) is 0. The van der Waals surface area contributed by atoms with Crippen molar-refractivity contribution in [2.45, 2.75) is 45.2 Å². The van der Waals surface area contributed by atoms with Gasteiger partial charge in [-0.25, -0.2) is 13.8 Å². The molecule has 0 bridgehead atoms. The zero-order valence-corrected chi connectivity index (χ0v) is 25.6. The van der Waals surface area contributed by atoms with E-state index >= 15 is 0 Å². The number of halogens is 2. The van der Waals surface area contributed by atoms with Gasteiger partial charge >= 0.3 is 0 Å². The van der Waals surface area contributed by atoms with Crippen LogP contribution in [0.3, 0.4) is 0 Å². The highest BCUT2D eigenvalue weighted by atomic mass is 32.1. The van der Waals surface area contributed by atoms with Gasteiger partial charge in [-0.15, -0.1) is 21.5 Å². The molecular weight excluding hydrogens is 608 g/mol. The third kappa shape index (κ3) is 4.98. The van der Waals surface area contributed by atoms with Crippen molar-refractivity contribution >= 4 is 33.1 Å². The number of aryl methyl sites for hydroxylation is 3. The number of thiophene rings is 1. The fraction of sp³-hybridized carbons (Fsp3) is 0.235. The average molecular weight is 636 g/mol. The number of hydrogen-bond acceptors (Lipinski definition) is 9. The Bertz CT molecular complexity index is 2130. The molecule has 1 aromatic carbocycles. The average Bonchev–Trinajstić information content (AvgIpc) is 3.85. The fourth-order valence-corrected chi connectivity index (χ4v) is 7.65. The minimum Gasteiger partial charge on any atom is -0.421 e. The molecule has 2 aliphatic heterocycles. The van der Waals surface area contributed by atoms with E-state index in [1.165, 1.54) is 35.7 Å². The lowest BCUT2D eigenvalue weighted by molar-refractivity contribution is 0.0776. The molecular formula is C34H27F2N7O2S. The van der Waals surface area contributed by atoms with Crippen LogP contribution in [-0.4, -0.2) is 42.5 Å². The zero-order chi connectivity index (χ0) is 31.4. The number of nitrogens with zero attached hydrogens (tertiary/aromatic N) is 6. The second-order valence-corrected chi connectivity index (χ2v) is 12.6. The van der Waals surface area contributed by atoms with E-state index < -0.39 is 5.82 Å². The topological polar surface area (TPSA) is 110 Å². The molecule has 0 saturated carbocycles. The summed E-state index contributed by atoms with van der Waals surface area (Å²) in [5.74, 6) is 0.599. The Morgan fingerprint density at radius 3 is 2.67 bits per heavy atom. The van der Waals surface area contributed by atoms with Gasteiger partial charge < -0.3 is 14.6 Å². The highest BCUT2D eigenvalue weighted by Gasteiger charge is 2.44. The second kappa shape index (κ2) is 11.4. The number of hydrogen-bond donors (Lipinski definition) is 1. The largest absolute Gasteiger partial charge is 0.421 e. The number of nitrogens with one attached hydrogen (secondary N) is 1. The van der Waals surface area contributed by atoms with Crippen molar-refractivity contribution in [2.75, 3.05) is 11.9 Å². The Labute approximate surface area is 266 Å². The Morgan fingerprint density at radius 2 is 1.87 bits per heavy atom. The minimum absolute atomic E-state index is 0.0462. The Kier molecular flexibility index (Phi) is 7.01. The van der Waals surface area contributed by atoms with E-state index in [2.05, 4.69) is 31.5 Å². The van der Waals surface area contributed by atoms with E-state index in [-0.39, 0.29) is 17.8 Å². The van der Waals surface area contributed by atoms with Crippen LogP contribution in [0.4, 0.5) is 14.6 Å². The molecule has 7 heterocycles. The number of benzene rings is 1. The van der Waals surface area contributed by atoms with Gasteiger partial charge in [0, 0.05) is 42.8 Å². The van der Waals surface area contributed by atoms with Crippen molar-refractivity contribution < 1.29 is 18.0 Å². The molecule has 0 aliphatic carbocycles. The van der Waals surface area contributed by atoms with E-state index in [0.717, 1.165) is 50.3 Å². The van der Waals surface area contributed by atoms with Gasteiger partial charge in [-0.05, 0) is 72.5 Å². The molecule has 6 aromatic rings. The standard InChI is InChI=1S/C34H27F2N7O2S/c1-18-41-42-33(45-18)27-24(9-6-19-4-7-22(35)8-5-19)40-30-25-3-2-12-43(25)34(44)29(30)28(27)26-14-21-10-11-38-32(31(21)46-26)39-16-20-13-23(36)17-37-15-20/h4-5,7-8,10-11,13-15,17,25H,2-3,6,9,12,16H2,1H3,(H,38,39). The molecule has 1 saturated heterocycles. The van der Waals surface area contributed by atoms with Crippen LogP contribution in [0.15, 0.2) is 65.5 Å². The summed E-state index contributed by atoms with van der Waals surface area (Å²) < 4.78 is 34.3. The van der Waals surface area contributed by atoms with E-state index in [1.54, 1.807) is 31.5 Å². The van der Waals surface area contributed by atoms with Gasteiger partial charge in [0.2, 0.25) is 11.8 Å². The SMILES string of the molecule is Cc1nnc(-c2c(CCc3ccc(F)cc3)nc3c(c2-c2cc4ccnc(NCc5cncc(F)c5)c4s2)C(=O)N2CCCC32)o1. The number of rotatable bonds is 8. The summed E-state index contributed by atoms with van der Waals surface area (Å²) in [6.07, 6.45) is 7.40. The minimum atomic E-state index is -0.403. The summed E-state index contributed by atoms with van der Waals surface area (Å²) in [4.78, 5) is 30.5. The van der Waals surface area contributed by atoms with Gasteiger partial charge in [0.05, 0.1) is 39.5 Å². The fourth-order valence-electron chi connectivity index (χ4n) is 6.47. The molecule has 2 aliphatic rings. The Hall–Kier alpha value is -5.10. The Morgan fingerprint density at radius 1 is 1.00 bits per heavy atom. The quantitative estimate of drug-likeness (QED) is 0.189. The maximum atomic E-state index is 14.1. The van der Waals surface area contributed by atoms with Crippen molar-refractivity contribution in [2.24, 2.45) is 0 Å². The molecule has 1 fully saturated rings. The lowest BCUT2D eigenvalue weighted by Crippen LogP contribution is -2.22. The number of fused-ring (bicyclic) bond motifs is 4. The van der Waals surface area contributed by atoms with Gasteiger partial charge in [0.25, 0.3) is 5.91 Å². The summed E-state index contributed by atoms with van der Waals surface area (Å²) in [6, 6.07) is 11.8. The molecule has 1 amide bonds. The molecule has 1 atom stereocenters. The number of carbonyl (C=O) groups is 1. The maximum Gasteiger partial charge on any atom is 0.257 e. The van der Waals surface area contributed by atoms with Crippen molar-refractivity contribution in [3.8, 4) is 21.9 Å². The number of carbonyl (C=O) groups excluding carboxylic acids is 1. The zero-order valence-electron chi connectivity index (χ0n) is 24.8. The predicted molar refractivity (Wildman–Crippen MR) is 169 cm³/mol. The summed E-state index contributed by atoms with van der Waals surface area (Å²) in [5.41, 5.74) is 5.11. The van der Waals surface area contributed by atoms with Gasteiger partial charge in [0.1, 0.15) is 17.5 Å². The van der Waals surface area contributed by atoms with Crippen LogP contribution in [0.2, 0.25) is 0 Å². The highest BCUT2D eigenvalue weighted by Crippen LogP contribution is 2.50. The molecule has 1 unspecified atom stereocenters. The molecule has 1 N–H and O–H groups in total. The first-order chi connectivity index (χ1) is 22.4. The van der Waals surface area contributed by atoms with Crippen LogP contribution in [-0.2, 0) is 19.4 Å². The number of anilines is 1. The van der Waals surface area contributed by atoms with E-state index in [0.29, 0.717) is 60.2 Å². The lowest BCUT2D eigenvalue weighted by Gasteiger charge is -2.16. The summed E-state index contributed by atoms with van der Waals surface area (Å²) in [5, 5.41) is 12.8. The van der Waals surface area contributed by atoms with Gasteiger partial charge in [-0.3, -0.25) is 14.8 Å². The molecule has 12 heteroatoms. The third-order valence-electron chi connectivity index (χ3n) is 8.55. The number of aromatic nitrogens is 5. The second-order valence-electron chi connectivity index (χ2n) is 11.5. The van der Waals surface area contributed by atoms with Gasteiger partial charge in [0.15, 0.2) is 0 Å². The van der Waals surface area contributed by atoms with Crippen LogP contribution in [0.1, 0.15) is 57.6 Å². The molecule has 46 heavy (non-hydrogen) atoms. The number of pyridine rings is 3. The van der Waals surface area contributed by atoms with Gasteiger partial charge in [-0.2, -0.15) is 0 Å². The van der Waals surface area contributed by atoms with Crippen LogP contribution in [0.25, 0.3) is 32.0 Å². The lowest BCUT2D eigenvalue weighted by atomic mass is 9.93. The summed E-state index contributed by atoms with van der Waals surface area (Å²) in [6.45, 7) is 2.75. The van der Waals surface area contributed by atoms with E-state index in [9.17, 15) is 13.6 Å². The first-order valence-electron chi connectivity index (χ1n) is 15.1. The molecule has 9 nitrogen and oxygen atoms in total. The molecule has 230 valence electrons. The van der Waals surface area contributed by atoms with Crippen LogP contribution in [0, 0.1) is 18.6 Å². The van der Waals surface area contributed by atoms with E-state index in [4.69, 9.17) is 9.40 Å². The number of amides is 1. The van der Waals surface area contributed by atoms with Crippen molar-refractivity contribution in [1.29, 1.82) is 0 Å². The van der Waals surface area contributed by atoms with Crippen LogP contribution in [0.5, 0.6) is 0 Å². The first kappa shape index (κ1) is 28.4. The van der Waals surface area contributed by atoms with Crippen molar-refractivity contribution in [3.05, 3.63) is 107 Å². The normalized spacial score (nSPS) is 15.5. The first-order valence-corrected chi connectivity index (χ1v) is 15.9. The summed E-state index contributed by atoms with van der Waals surface area (Å²) >= 11 is 1.51. The monoisotopic (exact) mass is 635 g/mol. The molecule has 5 aromatic heterocycles. The van der Waals surface area contributed by atoms with Gasteiger partial charge in [-0.1, -0.05) is 12.1 Å². The van der Waals surface area contributed by atoms with E-state index in [1.807, 2.05) is 11.0 Å². The van der Waals surface area contributed by atoms with Crippen molar-refractivity contribution in [1.82, 2.24) is 30.0 Å². The van der Waals surface area contributed by atoms with Crippen LogP contribution >= 0.6 is 11.3 Å². The maximum absolute atomic E-state index is 14.1. The van der Waals surface area contributed by atoms with Crippen molar-refractivity contribution in [3.63, 3.8) is 0 Å². The highest BCUT2D eigenvalue weighted by molar-refractivity contribution is 7.23. The molecule has 0 spiro atoms. The molecule has 0 radical (unpaired) electrons. The molecule has 8 rings (SSSR count). The predicted octanol–water partition coefficient (Wildman–Crippen LogP) is 7.08.